The van der Waals surface area contributed by atoms with E-state index in [1.807, 2.05) is 0 Å². The van der Waals surface area contributed by atoms with E-state index in [1.54, 1.807) is 6.20 Å². The first-order chi connectivity index (χ1) is 9.72. The predicted octanol–water partition coefficient (Wildman–Crippen LogP) is 3.72. The molecule has 0 aromatic carbocycles. The van der Waals surface area contributed by atoms with Gasteiger partial charge in [0.15, 0.2) is 0 Å². The van der Waals surface area contributed by atoms with E-state index in [4.69, 9.17) is 0 Å². The topological polar surface area (TPSA) is 46.9 Å². The molecule has 0 radical (unpaired) electrons. The fourth-order valence-corrected chi connectivity index (χ4v) is 2.82. The Hall–Kier alpha value is -1.10. The molecule has 0 saturated heterocycles. The molecule has 1 N–H and O–H groups in total. The Kier molecular flexibility index (Phi) is 5.83. The van der Waals surface area contributed by atoms with Gasteiger partial charge in [0.1, 0.15) is 4.47 Å². The van der Waals surface area contributed by atoms with Crippen molar-refractivity contribution in [2.24, 2.45) is 0 Å². The quantitative estimate of drug-likeness (QED) is 0.770. The van der Waals surface area contributed by atoms with Crippen molar-refractivity contribution < 1.29 is 0 Å². The van der Waals surface area contributed by atoms with Crippen LogP contribution in [0.3, 0.4) is 0 Å². The van der Waals surface area contributed by atoms with Crippen LogP contribution in [-0.4, -0.2) is 16.3 Å². The minimum atomic E-state index is -0.0523. The second-order valence-corrected chi connectivity index (χ2v) is 5.98. The van der Waals surface area contributed by atoms with Crippen molar-refractivity contribution >= 4 is 21.6 Å². The SMILES string of the molecule is CCCCn1ncc(NCCC2=CCCC2)c(Br)c1=O. The molecule has 0 unspecified atom stereocenters. The third-order valence-corrected chi connectivity index (χ3v) is 4.37. The lowest BCUT2D eigenvalue weighted by molar-refractivity contribution is 0.541. The Bertz CT molecular complexity index is 536. The molecule has 0 atom stereocenters. The first-order valence-electron chi connectivity index (χ1n) is 7.39. The number of hydrogen-bond acceptors (Lipinski definition) is 3. The third kappa shape index (κ3) is 3.95. The zero-order valence-electron chi connectivity index (χ0n) is 12.0. The fourth-order valence-electron chi connectivity index (χ4n) is 2.38. The molecule has 1 heterocycles. The molecule has 20 heavy (non-hydrogen) atoms. The van der Waals surface area contributed by atoms with E-state index in [0.29, 0.717) is 11.0 Å². The number of allylic oxidation sites excluding steroid dienone is 1. The van der Waals surface area contributed by atoms with Crippen molar-refractivity contribution in [3.8, 4) is 0 Å². The Morgan fingerprint density at radius 2 is 2.35 bits per heavy atom. The molecule has 0 bridgehead atoms. The van der Waals surface area contributed by atoms with Crippen LogP contribution in [0, 0.1) is 0 Å². The van der Waals surface area contributed by atoms with E-state index in [-0.39, 0.29) is 5.56 Å². The lowest BCUT2D eigenvalue weighted by Gasteiger charge is -2.10. The van der Waals surface area contributed by atoms with Crippen LogP contribution >= 0.6 is 15.9 Å². The minimum absolute atomic E-state index is 0.0523. The summed E-state index contributed by atoms with van der Waals surface area (Å²) in [6, 6.07) is 0. The van der Waals surface area contributed by atoms with Crippen LogP contribution in [0.4, 0.5) is 5.69 Å². The minimum Gasteiger partial charge on any atom is -0.382 e. The highest BCUT2D eigenvalue weighted by Crippen LogP contribution is 2.21. The molecule has 0 amide bonds. The maximum Gasteiger partial charge on any atom is 0.283 e. The summed E-state index contributed by atoms with van der Waals surface area (Å²) in [5.41, 5.74) is 2.27. The van der Waals surface area contributed by atoms with Gasteiger partial charge in [0.25, 0.3) is 5.56 Å². The van der Waals surface area contributed by atoms with Gasteiger partial charge < -0.3 is 5.32 Å². The highest BCUT2D eigenvalue weighted by atomic mass is 79.9. The van der Waals surface area contributed by atoms with Gasteiger partial charge in [-0.15, -0.1) is 0 Å². The number of rotatable bonds is 7. The van der Waals surface area contributed by atoms with Crippen LogP contribution in [0.2, 0.25) is 0 Å². The van der Waals surface area contributed by atoms with Gasteiger partial charge in [-0.25, -0.2) is 4.68 Å². The van der Waals surface area contributed by atoms with E-state index >= 15 is 0 Å². The first-order valence-corrected chi connectivity index (χ1v) is 8.19. The van der Waals surface area contributed by atoms with Crippen LogP contribution in [0.15, 0.2) is 27.1 Å². The molecule has 110 valence electrons. The number of nitrogens with zero attached hydrogens (tertiary/aromatic N) is 2. The average molecular weight is 340 g/mol. The maximum atomic E-state index is 12.1. The summed E-state index contributed by atoms with van der Waals surface area (Å²) >= 11 is 3.39. The first kappa shape index (κ1) is 15.3. The number of anilines is 1. The van der Waals surface area contributed by atoms with Crippen LogP contribution in [0.1, 0.15) is 45.4 Å². The van der Waals surface area contributed by atoms with Gasteiger partial charge >= 0.3 is 0 Å². The Morgan fingerprint density at radius 1 is 1.50 bits per heavy atom. The predicted molar refractivity (Wildman–Crippen MR) is 86.1 cm³/mol. The van der Waals surface area contributed by atoms with Gasteiger partial charge in [-0.2, -0.15) is 5.10 Å². The van der Waals surface area contributed by atoms with Crippen molar-refractivity contribution in [2.45, 2.75) is 52.0 Å². The van der Waals surface area contributed by atoms with Crippen molar-refractivity contribution in [3.05, 3.63) is 32.7 Å². The normalized spacial score (nSPS) is 14.4. The number of aromatic nitrogens is 2. The molecule has 1 aromatic rings. The number of unbranched alkanes of at least 4 members (excludes halogenated alkanes) is 1. The van der Waals surface area contributed by atoms with Crippen LogP contribution < -0.4 is 10.9 Å². The zero-order chi connectivity index (χ0) is 14.4. The zero-order valence-corrected chi connectivity index (χ0v) is 13.6. The summed E-state index contributed by atoms with van der Waals surface area (Å²) in [4.78, 5) is 12.1. The summed E-state index contributed by atoms with van der Waals surface area (Å²) < 4.78 is 2.11. The molecule has 0 saturated carbocycles. The Labute approximate surface area is 128 Å². The molecule has 0 aliphatic heterocycles. The van der Waals surface area contributed by atoms with Gasteiger partial charge in [-0.3, -0.25) is 4.79 Å². The molecule has 5 heteroatoms. The highest BCUT2D eigenvalue weighted by molar-refractivity contribution is 9.10. The van der Waals surface area contributed by atoms with E-state index in [1.165, 1.54) is 29.5 Å². The summed E-state index contributed by atoms with van der Waals surface area (Å²) in [5.74, 6) is 0. The summed E-state index contributed by atoms with van der Waals surface area (Å²) in [6.07, 6.45) is 10.9. The molecule has 2 rings (SSSR count). The highest BCUT2D eigenvalue weighted by Gasteiger charge is 2.09. The van der Waals surface area contributed by atoms with Crippen LogP contribution in [-0.2, 0) is 6.54 Å². The molecular formula is C15H22BrN3O. The van der Waals surface area contributed by atoms with Crippen LogP contribution in [0.5, 0.6) is 0 Å². The van der Waals surface area contributed by atoms with E-state index < -0.39 is 0 Å². The molecule has 1 aliphatic carbocycles. The Balaban J connectivity index is 1.94. The van der Waals surface area contributed by atoms with Gasteiger partial charge in [0, 0.05) is 13.1 Å². The van der Waals surface area contributed by atoms with Crippen molar-refractivity contribution in [2.75, 3.05) is 11.9 Å². The van der Waals surface area contributed by atoms with E-state index in [9.17, 15) is 4.79 Å². The molecule has 1 aromatic heterocycles. The molecule has 0 spiro atoms. The van der Waals surface area contributed by atoms with Gasteiger partial charge in [-0.1, -0.05) is 25.0 Å². The Morgan fingerprint density at radius 3 is 3.05 bits per heavy atom. The lowest BCUT2D eigenvalue weighted by atomic mass is 10.2. The number of aryl methyl sites for hydroxylation is 1. The summed E-state index contributed by atoms with van der Waals surface area (Å²) in [6.45, 7) is 3.64. The molecule has 4 nitrogen and oxygen atoms in total. The summed E-state index contributed by atoms with van der Waals surface area (Å²) in [5, 5.41) is 7.52. The van der Waals surface area contributed by atoms with Crippen LogP contribution in [0.25, 0.3) is 0 Å². The smallest absolute Gasteiger partial charge is 0.283 e. The van der Waals surface area contributed by atoms with Gasteiger partial charge in [0.2, 0.25) is 0 Å². The van der Waals surface area contributed by atoms with E-state index in [0.717, 1.165) is 31.5 Å². The number of halogens is 1. The lowest BCUT2D eigenvalue weighted by Crippen LogP contribution is -2.24. The second kappa shape index (κ2) is 7.62. The average Bonchev–Trinajstić information content (AvgIpc) is 2.96. The maximum absolute atomic E-state index is 12.1. The number of hydrogen-bond donors (Lipinski definition) is 1. The standard InChI is InChI=1S/C15H22BrN3O/c1-2-3-10-19-15(20)14(16)13(11-18-19)17-9-8-12-6-4-5-7-12/h6,11,17H,2-5,7-10H2,1H3. The fraction of sp³-hybridized carbons (Fsp3) is 0.600. The molecular weight excluding hydrogens is 318 g/mol. The van der Waals surface area contributed by atoms with Gasteiger partial charge in [-0.05, 0) is 48.0 Å². The van der Waals surface area contributed by atoms with Gasteiger partial charge in [0.05, 0.1) is 11.9 Å². The van der Waals surface area contributed by atoms with Crippen molar-refractivity contribution in [1.82, 2.24) is 9.78 Å². The summed E-state index contributed by atoms with van der Waals surface area (Å²) in [7, 11) is 0. The van der Waals surface area contributed by atoms with Crippen molar-refractivity contribution in [3.63, 3.8) is 0 Å². The molecule has 0 fully saturated rings. The third-order valence-electron chi connectivity index (χ3n) is 3.60. The monoisotopic (exact) mass is 339 g/mol. The van der Waals surface area contributed by atoms with Crippen molar-refractivity contribution in [1.29, 1.82) is 0 Å². The molecule has 1 aliphatic rings. The number of nitrogens with one attached hydrogen (secondary N) is 1. The van der Waals surface area contributed by atoms with E-state index in [2.05, 4.69) is 39.3 Å². The second-order valence-electron chi connectivity index (χ2n) is 5.19. The largest absolute Gasteiger partial charge is 0.382 e.